The van der Waals surface area contributed by atoms with Gasteiger partial charge in [0.1, 0.15) is 0 Å². The van der Waals surface area contributed by atoms with E-state index in [0.29, 0.717) is 10.8 Å². The first-order valence-electron chi connectivity index (χ1n) is 9.44. The second-order valence-electron chi connectivity index (χ2n) is 8.53. The number of benzene rings is 1. The number of hydrogen-bond donors (Lipinski definition) is 2. The maximum atomic E-state index is 12.9. The van der Waals surface area contributed by atoms with Crippen molar-refractivity contribution in [1.29, 1.82) is 0 Å². The second-order valence-corrected chi connectivity index (χ2v) is 9.58. The van der Waals surface area contributed by atoms with Gasteiger partial charge >= 0.3 is 0 Å². The topological polar surface area (TPSA) is 58.2 Å². The molecule has 0 saturated heterocycles. The molecule has 1 aliphatic carbocycles. The molecule has 2 amide bonds. The van der Waals surface area contributed by atoms with Crippen molar-refractivity contribution in [3.05, 3.63) is 51.9 Å². The Hall–Kier alpha value is -2.14. The molecule has 2 N–H and O–H groups in total. The highest BCUT2D eigenvalue weighted by atomic mass is 32.1. The van der Waals surface area contributed by atoms with Crippen molar-refractivity contribution in [2.24, 2.45) is 11.3 Å². The molecule has 2 aromatic rings. The molecule has 1 aromatic heterocycles. The number of carbonyl (C=O) groups is 2. The van der Waals surface area contributed by atoms with Crippen molar-refractivity contribution in [2.75, 3.05) is 5.32 Å². The average molecular weight is 385 g/mol. The van der Waals surface area contributed by atoms with Crippen LogP contribution in [0.25, 0.3) is 0 Å². The maximum absolute atomic E-state index is 12.9. The summed E-state index contributed by atoms with van der Waals surface area (Å²) in [6, 6.07) is 10.3. The highest BCUT2D eigenvalue weighted by Crippen LogP contribution is 2.41. The molecule has 0 bridgehead atoms. The van der Waals surface area contributed by atoms with E-state index in [1.54, 1.807) is 0 Å². The first-order chi connectivity index (χ1) is 12.6. The van der Waals surface area contributed by atoms with E-state index in [4.69, 9.17) is 0 Å². The van der Waals surface area contributed by atoms with Crippen LogP contribution in [-0.4, -0.2) is 11.8 Å². The van der Waals surface area contributed by atoms with Gasteiger partial charge in [-0.2, -0.15) is 0 Å². The smallest absolute Gasteiger partial charge is 0.262 e. The molecule has 1 atom stereocenters. The fourth-order valence-electron chi connectivity index (χ4n) is 2.95. The quantitative estimate of drug-likeness (QED) is 0.741. The van der Waals surface area contributed by atoms with Crippen LogP contribution in [0.5, 0.6) is 0 Å². The lowest BCUT2D eigenvalue weighted by Gasteiger charge is -2.19. The summed E-state index contributed by atoms with van der Waals surface area (Å²) in [5.41, 5.74) is 2.79. The minimum atomic E-state index is -0.469. The van der Waals surface area contributed by atoms with Crippen molar-refractivity contribution in [3.63, 3.8) is 0 Å². The van der Waals surface area contributed by atoms with Gasteiger partial charge in [0.25, 0.3) is 5.91 Å². The van der Waals surface area contributed by atoms with Crippen LogP contribution < -0.4 is 10.6 Å². The SMILES string of the molecule is Cc1ccc(C(NC(=O)c2sc(NC(=O)C(C)(C)C)cc2C)C2CC2)cc1. The Morgan fingerprint density at radius 3 is 2.30 bits per heavy atom. The number of carbonyl (C=O) groups excluding carboxylic acids is 2. The molecule has 1 aliphatic rings. The van der Waals surface area contributed by atoms with Crippen molar-refractivity contribution in [1.82, 2.24) is 5.32 Å². The third-order valence-electron chi connectivity index (χ3n) is 4.86. The van der Waals surface area contributed by atoms with Gasteiger partial charge in [-0.05, 0) is 49.8 Å². The standard InChI is InChI=1S/C22H28N2O2S/c1-13-6-8-15(9-7-13)18(16-10-11-16)24-20(25)19-14(2)12-17(27-19)23-21(26)22(3,4)5/h6-9,12,16,18H,10-11H2,1-5H3,(H,23,26)(H,24,25). The Balaban J connectivity index is 1.75. The van der Waals surface area contributed by atoms with E-state index >= 15 is 0 Å². The van der Waals surface area contributed by atoms with E-state index in [1.807, 2.05) is 33.8 Å². The normalized spacial score (nSPS) is 15.3. The van der Waals surface area contributed by atoms with Crippen molar-refractivity contribution >= 4 is 28.2 Å². The molecule has 144 valence electrons. The van der Waals surface area contributed by atoms with E-state index in [9.17, 15) is 9.59 Å². The summed E-state index contributed by atoms with van der Waals surface area (Å²) in [5.74, 6) is 0.398. The van der Waals surface area contributed by atoms with Gasteiger partial charge in [-0.25, -0.2) is 0 Å². The molecule has 1 aromatic carbocycles. The summed E-state index contributed by atoms with van der Waals surface area (Å²) in [6.07, 6.45) is 2.30. The van der Waals surface area contributed by atoms with Crippen LogP contribution in [0.2, 0.25) is 0 Å². The average Bonchev–Trinajstić information content (AvgIpc) is 3.36. The van der Waals surface area contributed by atoms with Gasteiger partial charge in [-0.1, -0.05) is 50.6 Å². The predicted molar refractivity (Wildman–Crippen MR) is 111 cm³/mol. The number of hydrogen-bond acceptors (Lipinski definition) is 3. The van der Waals surface area contributed by atoms with E-state index in [-0.39, 0.29) is 17.9 Å². The van der Waals surface area contributed by atoms with Gasteiger partial charge in [-0.3, -0.25) is 9.59 Å². The largest absolute Gasteiger partial charge is 0.344 e. The summed E-state index contributed by atoms with van der Waals surface area (Å²) in [4.78, 5) is 25.8. The lowest BCUT2D eigenvalue weighted by atomic mass is 9.96. The molecule has 27 heavy (non-hydrogen) atoms. The molecule has 0 aliphatic heterocycles. The lowest BCUT2D eigenvalue weighted by Crippen LogP contribution is -2.29. The minimum Gasteiger partial charge on any atom is -0.344 e. The molecule has 1 saturated carbocycles. The third kappa shape index (κ3) is 4.78. The fourth-order valence-corrected chi connectivity index (χ4v) is 3.92. The highest BCUT2D eigenvalue weighted by Gasteiger charge is 2.34. The van der Waals surface area contributed by atoms with Crippen LogP contribution in [0.3, 0.4) is 0 Å². The Morgan fingerprint density at radius 2 is 1.74 bits per heavy atom. The monoisotopic (exact) mass is 384 g/mol. The molecule has 5 heteroatoms. The Morgan fingerprint density at radius 1 is 1.11 bits per heavy atom. The molecular formula is C22H28N2O2S. The minimum absolute atomic E-state index is 0.0483. The van der Waals surface area contributed by atoms with E-state index in [2.05, 4.69) is 41.8 Å². The highest BCUT2D eigenvalue weighted by molar-refractivity contribution is 7.18. The summed E-state index contributed by atoms with van der Waals surface area (Å²) in [6.45, 7) is 9.60. The molecular weight excluding hydrogens is 356 g/mol. The van der Waals surface area contributed by atoms with Crippen LogP contribution in [0, 0.1) is 25.2 Å². The molecule has 1 unspecified atom stereocenters. The molecule has 1 heterocycles. The van der Waals surface area contributed by atoms with Crippen LogP contribution in [-0.2, 0) is 4.79 Å². The third-order valence-corrected chi connectivity index (χ3v) is 6.01. The first kappa shape index (κ1) is 19.6. The van der Waals surface area contributed by atoms with E-state index in [0.717, 1.165) is 29.0 Å². The number of aryl methyl sites for hydroxylation is 2. The summed E-state index contributed by atoms with van der Waals surface area (Å²) < 4.78 is 0. The lowest BCUT2D eigenvalue weighted by molar-refractivity contribution is -0.123. The van der Waals surface area contributed by atoms with Crippen molar-refractivity contribution in [3.8, 4) is 0 Å². The fraction of sp³-hybridized carbons (Fsp3) is 0.455. The Labute approximate surface area is 165 Å². The zero-order valence-electron chi connectivity index (χ0n) is 16.7. The Kier molecular flexibility index (Phi) is 5.43. The zero-order chi connectivity index (χ0) is 19.8. The van der Waals surface area contributed by atoms with Gasteiger partial charge < -0.3 is 10.6 Å². The van der Waals surface area contributed by atoms with Gasteiger partial charge in [0.05, 0.1) is 15.9 Å². The molecule has 3 rings (SSSR count). The predicted octanol–water partition coefficient (Wildman–Crippen LogP) is 5.23. The summed E-state index contributed by atoms with van der Waals surface area (Å²) in [7, 11) is 0. The van der Waals surface area contributed by atoms with E-state index < -0.39 is 5.41 Å². The van der Waals surface area contributed by atoms with E-state index in [1.165, 1.54) is 16.9 Å². The zero-order valence-corrected chi connectivity index (χ0v) is 17.5. The molecule has 0 radical (unpaired) electrons. The van der Waals surface area contributed by atoms with Crippen LogP contribution in [0.1, 0.15) is 66.0 Å². The van der Waals surface area contributed by atoms with Gasteiger partial charge in [-0.15, -0.1) is 11.3 Å². The molecule has 4 nitrogen and oxygen atoms in total. The van der Waals surface area contributed by atoms with Crippen molar-refractivity contribution < 1.29 is 9.59 Å². The maximum Gasteiger partial charge on any atom is 0.262 e. The number of rotatable bonds is 5. The molecule has 1 fully saturated rings. The first-order valence-corrected chi connectivity index (χ1v) is 10.3. The van der Waals surface area contributed by atoms with Gasteiger partial charge in [0, 0.05) is 5.41 Å². The number of nitrogens with one attached hydrogen (secondary N) is 2. The van der Waals surface area contributed by atoms with Crippen molar-refractivity contribution in [2.45, 2.75) is 53.5 Å². The number of anilines is 1. The number of thiophene rings is 1. The van der Waals surface area contributed by atoms with Crippen LogP contribution in [0.15, 0.2) is 30.3 Å². The van der Waals surface area contributed by atoms with Gasteiger partial charge in [0.2, 0.25) is 5.91 Å². The Bertz CT molecular complexity index is 842. The summed E-state index contributed by atoms with van der Waals surface area (Å²) in [5, 5.41) is 6.87. The second kappa shape index (κ2) is 7.47. The van der Waals surface area contributed by atoms with Crippen LogP contribution >= 0.6 is 11.3 Å². The van der Waals surface area contributed by atoms with Crippen LogP contribution in [0.4, 0.5) is 5.00 Å². The summed E-state index contributed by atoms with van der Waals surface area (Å²) >= 11 is 1.34. The molecule has 0 spiro atoms. The number of amides is 2. The van der Waals surface area contributed by atoms with Gasteiger partial charge in [0.15, 0.2) is 0 Å².